The van der Waals surface area contributed by atoms with Crippen molar-refractivity contribution in [2.45, 2.75) is 89.3 Å². The number of aliphatic hydroxyl groups excluding tert-OH is 3. The van der Waals surface area contributed by atoms with Gasteiger partial charge in [-0.15, -0.1) is 0 Å². The van der Waals surface area contributed by atoms with Crippen LogP contribution < -0.4 is 5.32 Å². The monoisotopic (exact) mass is 387 g/mol. The molecule has 1 aliphatic rings. The van der Waals surface area contributed by atoms with Crippen molar-refractivity contribution in [2.75, 3.05) is 13.2 Å². The highest BCUT2D eigenvalue weighted by Crippen LogP contribution is 2.36. The molecule has 0 aromatic heterocycles. The van der Waals surface area contributed by atoms with Crippen LogP contribution in [0, 0.1) is 0 Å². The van der Waals surface area contributed by atoms with Crippen LogP contribution in [0.5, 0.6) is 0 Å². The van der Waals surface area contributed by atoms with Gasteiger partial charge in [0.25, 0.3) is 0 Å². The lowest BCUT2D eigenvalue weighted by Crippen LogP contribution is -2.42. The van der Waals surface area contributed by atoms with E-state index in [0.29, 0.717) is 12.1 Å². The highest BCUT2D eigenvalue weighted by Gasteiger charge is 2.36. The molecule has 152 valence electrons. The van der Waals surface area contributed by atoms with Crippen LogP contribution in [0.15, 0.2) is 11.6 Å². The number of hydrogen-bond acceptors (Lipinski definition) is 5. The standard InChI is InChI=1S/C19H37NO5Si/c1-19(2,3)26(4,5)25-11-9-7-6-8-10-20-18(24)14-12-15(21)17(23)16(22)13-14/h12,15-17,21-23H,6-11,13H2,1-5H3,(H,20,24). The maximum Gasteiger partial charge on any atom is 0.247 e. The van der Waals surface area contributed by atoms with Gasteiger partial charge in [-0.1, -0.05) is 33.6 Å². The summed E-state index contributed by atoms with van der Waals surface area (Å²) in [4.78, 5) is 12.0. The molecular weight excluding hydrogens is 350 g/mol. The van der Waals surface area contributed by atoms with Gasteiger partial charge < -0.3 is 25.1 Å². The SMILES string of the molecule is CC(C)(C)[Si](C)(C)OCCCCCCNC(=O)C1=CC(O)C(O)C(O)C1. The van der Waals surface area contributed by atoms with Crippen LogP contribution in [-0.2, 0) is 9.22 Å². The summed E-state index contributed by atoms with van der Waals surface area (Å²) >= 11 is 0. The van der Waals surface area contributed by atoms with Gasteiger partial charge in [-0.05, 0) is 37.0 Å². The zero-order valence-electron chi connectivity index (χ0n) is 16.9. The average Bonchev–Trinajstić information content (AvgIpc) is 2.53. The van der Waals surface area contributed by atoms with Crippen molar-refractivity contribution in [3.63, 3.8) is 0 Å². The van der Waals surface area contributed by atoms with Crippen molar-refractivity contribution >= 4 is 14.2 Å². The predicted molar refractivity (Wildman–Crippen MR) is 105 cm³/mol. The second-order valence-corrected chi connectivity index (χ2v) is 13.5. The Bertz CT molecular complexity index is 487. The van der Waals surface area contributed by atoms with Gasteiger partial charge in [0.2, 0.25) is 5.91 Å². The van der Waals surface area contributed by atoms with Gasteiger partial charge in [0.15, 0.2) is 8.32 Å². The zero-order valence-corrected chi connectivity index (χ0v) is 17.9. The Balaban J connectivity index is 2.14. The Hall–Kier alpha value is -0.733. The van der Waals surface area contributed by atoms with Crippen LogP contribution in [0.25, 0.3) is 0 Å². The van der Waals surface area contributed by atoms with Gasteiger partial charge in [0.1, 0.15) is 12.2 Å². The van der Waals surface area contributed by atoms with Crippen molar-refractivity contribution in [1.29, 1.82) is 0 Å². The summed E-state index contributed by atoms with van der Waals surface area (Å²) in [5, 5.41) is 31.7. The van der Waals surface area contributed by atoms with E-state index < -0.39 is 26.6 Å². The highest BCUT2D eigenvalue weighted by molar-refractivity contribution is 6.74. The molecule has 0 heterocycles. The third kappa shape index (κ3) is 7.11. The average molecular weight is 388 g/mol. The molecule has 0 fully saturated rings. The molecule has 6 nitrogen and oxygen atoms in total. The molecular formula is C19H37NO5Si. The molecule has 3 unspecified atom stereocenters. The summed E-state index contributed by atoms with van der Waals surface area (Å²) < 4.78 is 6.14. The number of rotatable bonds is 9. The Morgan fingerprint density at radius 3 is 2.38 bits per heavy atom. The fourth-order valence-electron chi connectivity index (χ4n) is 2.55. The Kier molecular flexibility index (Phi) is 8.95. The van der Waals surface area contributed by atoms with E-state index in [9.17, 15) is 20.1 Å². The van der Waals surface area contributed by atoms with E-state index in [4.69, 9.17) is 4.43 Å². The molecule has 3 atom stereocenters. The van der Waals surface area contributed by atoms with Gasteiger partial charge >= 0.3 is 0 Å². The molecule has 1 amide bonds. The van der Waals surface area contributed by atoms with Crippen molar-refractivity contribution < 1.29 is 24.5 Å². The fourth-order valence-corrected chi connectivity index (χ4v) is 3.64. The Labute approximate surface area is 158 Å². The molecule has 0 saturated carbocycles. The number of aliphatic hydroxyl groups is 3. The number of carbonyl (C=O) groups is 1. The highest BCUT2D eigenvalue weighted by atomic mass is 28.4. The minimum absolute atomic E-state index is 0.0643. The van der Waals surface area contributed by atoms with Crippen LogP contribution in [0.1, 0.15) is 52.9 Å². The first-order valence-electron chi connectivity index (χ1n) is 9.63. The lowest BCUT2D eigenvalue weighted by Gasteiger charge is -2.36. The van der Waals surface area contributed by atoms with Crippen molar-refractivity contribution in [3.8, 4) is 0 Å². The van der Waals surface area contributed by atoms with Gasteiger partial charge in [-0.25, -0.2) is 0 Å². The summed E-state index contributed by atoms with van der Waals surface area (Å²) in [7, 11) is -1.65. The first-order chi connectivity index (χ1) is 12.0. The Morgan fingerprint density at radius 2 is 1.81 bits per heavy atom. The van der Waals surface area contributed by atoms with E-state index >= 15 is 0 Å². The largest absolute Gasteiger partial charge is 0.417 e. The minimum Gasteiger partial charge on any atom is -0.417 e. The molecule has 0 aromatic carbocycles. The van der Waals surface area contributed by atoms with Crippen molar-refractivity contribution in [2.24, 2.45) is 0 Å². The first-order valence-corrected chi connectivity index (χ1v) is 12.5. The third-order valence-corrected chi connectivity index (χ3v) is 10.0. The first kappa shape index (κ1) is 23.3. The predicted octanol–water partition coefficient (Wildman–Crippen LogP) is 2.10. The second-order valence-electron chi connectivity index (χ2n) is 8.72. The molecule has 7 heteroatoms. The molecule has 26 heavy (non-hydrogen) atoms. The smallest absolute Gasteiger partial charge is 0.247 e. The molecule has 0 aromatic rings. The second kappa shape index (κ2) is 9.99. The van der Waals surface area contributed by atoms with Gasteiger partial charge in [-0.2, -0.15) is 0 Å². The van der Waals surface area contributed by atoms with Gasteiger partial charge in [-0.3, -0.25) is 4.79 Å². The van der Waals surface area contributed by atoms with E-state index in [1.807, 2.05) is 0 Å². The number of hydrogen-bond donors (Lipinski definition) is 4. The molecule has 1 rings (SSSR count). The number of unbranched alkanes of at least 4 members (excludes halogenated alkanes) is 3. The number of nitrogens with one attached hydrogen (secondary N) is 1. The maximum absolute atomic E-state index is 12.0. The third-order valence-electron chi connectivity index (χ3n) is 5.46. The topological polar surface area (TPSA) is 99.0 Å². The molecule has 0 radical (unpaired) electrons. The number of amides is 1. The molecule has 1 aliphatic carbocycles. The zero-order chi connectivity index (χ0) is 20.0. The van der Waals surface area contributed by atoms with Crippen LogP contribution in [0.2, 0.25) is 18.1 Å². The summed E-state index contributed by atoms with van der Waals surface area (Å²) in [6.45, 7) is 12.6. The molecule has 0 bridgehead atoms. The summed E-state index contributed by atoms with van der Waals surface area (Å²) in [5.74, 6) is -0.281. The maximum atomic E-state index is 12.0. The molecule has 0 aliphatic heterocycles. The number of carbonyl (C=O) groups excluding carboxylic acids is 1. The van der Waals surface area contributed by atoms with Crippen LogP contribution in [0.4, 0.5) is 0 Å². The van der Waals surface area contributed by atoms with E-state index in [1.165, 1.54) is 6.08 Å². The quantitative estimate of drug-likeness (QED) is 0.359. The van der Waals surface area contributed by atoms with Gasteiger partial charge in [0, 0.05) is 25.1 Å². The van der Waals surface area contributed by atoms with Crippen molar-refractivity contribution in [3.05, 3.63) is 11.6 Å². The van der Waals surface area contributed by atoms with Crippen molar-refractivity contribution in [1.82, 2.24) is 5.32 Å². The van der Waals surface area contributed by atoms with E-state index in [1.54, 1.807) is 0 Å². The van der Waals surface area contributed by atoms with E-state index in [2.05, 4.69) is 39.2 Å². The molecule has 4 N–H and O–H groups in total. The molecule has 0 spiro atoms. The summed E-state index contributed by atoms with van der Waals surface area (Å²) in [6, 6.07) is 0. The Morgan fingerprint density at radius 1 is 1.19 bits per heavy atom. The lowest BCUT2D eigenvalue weighted by atomic mass is 9.92. The van der Waals surface area contributed by atoms with E-state index in [-0.39, 0.29) is 17.4 Å². The fraction of sp³-hybridized carbons (Fsp3) is 0.842. The van der Waals surface area contributed by atoms with Crippen LogP contribution in [0.3, 0.4) is 0 Å². The minimum atomic E-state index is -1.65. The summed E-state index contributed by atoms with van der Waals surface area (Å²) in [5.41, 5.74) is 0.332. The lowest BCUT2D eigenvalue weighted by molar-refractivity contribution is -0.119. The normalized spacial score (nSPS) is 24.3. The van der Waals surface area contributed by atoms with Crippen LogP contribution in [-0.4, -0.2) is 61.0 Å². The van der Waals surface area contributed by atoms with Crippen LogP contribution >= 0.6 is 0 Å². The molecule has 0 saturated heterocycles. The summed E-state index contributed by atoms with van der Waals surface area (Å²) in [6.07, 6.45) is 1.87. The van der Waals surface area contributed by atoms with E-state index in [0.717, 1.165) is 32.3 Å². The van der Waals surface area contributed by atoms with Gasteiger partial charge in [0.05, 0.1) is 6.10 Å².